The zero-order chi connectivity index (χ0) is 18.0. The number of carbonyl (C=O) groups excluding carboxylic acids is 3. The molecule has 0 fully saturated rings. The van der Waals surface area contributed by atoms with Crippen LogP contribution in [0.4, 0.5) is 11.4 Å². The fourth-order valence-corrected chi connectivity index (χ4v) is 2.86. The average Bonchev–Trinajstić information content (AvgIpc) is 2.82. The van der Waals surface area contributed by atoms with Crippen LogP contribution in [0.3, 0.4) is 0 Å². The van der Waals surface area contributed by atoms with Crippen LogP contribution in [-0.4, -0.2) is 42.8 Å². The molecule has 25 heavy (non-hydrogen) atoms. The fraction of sp³-hybridized carbons (Fsp3) is 0.167. The van der Waals surface area contributed by atoms with Gasteiger partial charge in [0.15, 0.2) is 0 Å². The molecule has 128 valence electrons. The third-order valence-electron chi connectivity index (χ3n) is 3.82. The number of amides is 2. The number of hydrogen-bond donors (Lipinski definition) is 1. The van der Waals surface area contributed by atoms with Gasteiger partial charge in [0.05, 0.1) is 35.2 Å². The summed E-state index contributed by atoms with van der Waals surface area (Å²) in [4.78, 5) is 39.3. The number of ketones is 1. The van der Waals surface area contributed by atoms with Crippen LogP contribution in [0.2, 0.25) is 5.02 Å². The monoisotopic (exact) mass is 357 g/mol. The van der Waals surface area contributed by atoms with Crippen molar-refractivity contribution in [2.75, 3.05) is 30.5 Å². The highest BCUT2D eigenvalue weighted by atomic mass is 35.5. The van der Waals surface area contributed by atoms with E-state index in [4.69, 9.17) is 11.6 Å². The topological polar surface area (TPSA) is 69.7 Å². The molecular formula is C18H16ClN3O3. The Kier molecular flexibility index (Phi) is 4.83. The fourth-order valence-electron chi connectivity index (χ4n) is 2.68. The number of nitrogens with zero attached hydrogens (tertiary/aromatic N) is 2. The van der Waals surface area contributed by atoms with Crippen molar-refractivity contribution in [3.63, 3.8) is 0 Å². The van der Waals surface area contributed by atoms with Crippen molar-refractivity contribution >= 4 is 40.6 Å². The van der Waals surface area contributed by atoms with Crippen LogP contribution in [-0.2, 0) is 9.59 Å². The Morgan fingerprint density at radius 2 is 1.80 bits per heavy atom. The molecule has 0 aliphatic carbocycles. The van der Waals surface area contributed by atoms with Crippen LogP contribution in [0.25, 0.3) is 0 Å². The van der Waals surface area contributed by atoms with E-state index < -0.39 is 11.7 Å². The summed E-state index contributed by atoms with van der Waals surface area (Å²) in [6.45, 7) is 0.183. The Bertz CT molecular complexity index is 853. The molecule has 2 aromatic rings. The van der Waals surface area contributed by atoms with Crippen LogP contribution in [0.5, 0.6) is 0 Å². The number of rotatable bonds is 5. The smallest absolute Gasteiger partial charge is 0.300 e. The first-order valence-corrected chi connectivity index (χ1v) is 8.03. The van der Waals surface area contributed by atoms with Crippen molar-refractivity contribution in [2.45, 2.75) is 0 Å². The van der Waals surface area contributed by atoms with E-state index in [1.165, 1.54) is 4.90 Å². The Labute approximate surface area is 150 Å². The van der Waals surface area contributed by atoms with Crippen LogP contribution in [0.15, 0.2) is 48.5 Å². The van der Waals surface area contributed by atoms with E-state index in [9.17, 15) is 14.4 Å². The van der Waals surface area contributed by atoms with Gasteiger partial charge in [-0.05, 0) is 31.3 Å². The first kappa shape index (κ1) is 17.1. The highest BCUT2D eigenvalue weighted by Gasteiger charge is 2.35. The number of halogens is 1. The molecule has 0 unspecified atom stereocenters. The number of hydrogen-bond acceptors (Lipinski definition) is 4. The second kappa shape index (κ2) is 7.04. The Morgan fingerprint density at radius 1 is 1.12 bits per heavy atom. The molecular weight excluding hydrogens is 342 g/mol. The predicted octanol–water partition coefficient (Wildman–Crippen LogP) is 2.40. The van der Waals surface area contributed by atoms with Gasteiger partial charge >= 0.3 is 5.91 Å². The van der Waals surface area contributed by atoms with Gasteiger partial charge < -0.3 is 5.32 Å². The van der Waals surface area contributed by atoms with Crippen molar-refractivity contribution in [1.29, 1.82) is 0 Å². The van der Waals surface area contributed by atoms with Crippen LogP contribution in [0, 0.1) is 0 Å². The third kappa shape index (κ3) is 3.55. The summed E-state index contributed by atoms with van der Waals surface area (Å²) < 4.78 is 0. The molecule has 0 bridgehead atoms. The lowest BCUT2D eigenvalue weighted by Crippen LogP contribution is -2.42. The zero-order valence-electron chi connectivity index (χ0n) is 13.5. The van der Waals surface area contributed by atoms with Gasteiger partial charge in [-0.15, -0.1) is 0 Å². The number of benzene rings is 2. The standard InChI is InChI=1S/C18H16ClN3O3/c1-21(10-16(23)20-14-8-4-3-7-13(14)19)11-22-15-9-5-2-6-12(15)17(24)18(22)25/h2-9H,10-11H2,1H3,(H,20,23). The number of Topliss-reactive ketones (excluding diaryl/α,β-unsaturated/α-hetero) is 1. The molecule has 0 atom stereocenters. The number of nitrogens with one attached hydrogen (secondary N) is 1. The molecule has 0 saturated carbocycles. The largest absolute Gasteiger partial charge is 0.324 e. The lowest BCUT2D eigenvalue weighted by Gasteiger charge is -2.24. The van der Waals surface area contributed by atoms with Gasteiger partial charge in [-0.2, -0.15) is 0 Å². The van der Waals surface area contributed by atoms with E-state index in [2.05, 4.69) is 5.32 Å². The maximum Gasteiger partial charge on any atom is 0.300 e. The lowest BCUT2D eigenvalue weighted by molar-refractivity contribution is -0.118. The van der Waals surface area contributed by atoms with Crippen molar-refractivity contribution in [3.05, 3.63) is 59.1 Å². The lowest BCUT2D eigenvalue weighted by atomic mass is 10.1. The molecule has 1 aliphatic rings. The van der Waals surface area contributed by atoms with Gasteiger partial charge in [-0.25, -0.2) is 0 Å². The van der Waals surface area contributed by atoms with E-state index >= 15 is 0 Å². The van der Waals surface area contributed by atoms with E-state index in [1.54, 1.807) is 60.5 Å². The van der Waals surface area contributed by atoms with E-state index in [0.29, 0.717) is 22.0 Å². The van der Waals surface area contributed by atoms with Gasteiger partial charge in [-0.3, -0.25) is 24.2 Å². The second-order valence-corrected chi connectivity index (χ2v) is 6.17. The van der Waals surface area contributed by atoms with Gasteiger partial charge in [0.2, 0.25) is 5.91 Å². The summed E-state index contributed by atoms with van der Waals surface area (Å²) in [5.74, 6) is -1.37. The SMILES string of the molecule is CN(CC(=O)Nc1ccccc1Cl)CN1C(=O)C(=O)c2ccccc21. The molecule has 3 rings (SSSR count). The Morgan fingerprint density at radius 3 is 2.56 bits per heavy atom. The van der Waals surface area contributed by atoms with E-state index in [1.807, 2.05) is 0 Å². The van der Waals surface area contributed by atoms with Gasteiger partial charge in [0.1, 0.15) is 0 Å². The molecule has 0 aromatic heterocycles. The summed E-state index contributed by atoms with van der Waals surface area (Å²) in [5.41, 5.74) is 1.48. The quantitative estimate of drug-likeness (QED) is 0.834. The van der Waals surface area contributed by atoms with Crippen molar-refractivity contribution in [2.24, 2.45) is 0 Å². The van der Waals surface area contributed by atoms with E-state index in [-0.39, 0.29) is 19.1 Å². The molecule has 0 spiro atoms. The third-order valence-corrected chi connectivity index (χ3v) is 4.15. The number of fused-ring (bicyclic) bond motifs is 1. The number of para-hydroxylation sites is 2. The van der Waals surface area contributed by atoms with Crippen molar-refractivity contribution < 1.29 is 14.4 Å². The zero-order valence-corrected chi connectivity index (χ0v) is 14.3. The molecule has 0 saturated heterocycles. The molecule has 1 aliphatic heterocycles. The van der Waals surface area contributed by atoms with Crippen molar-refractivity contribution in [1.82, 2.24) is 4.90 Å². The van der Waals surface area contributed by atoms with Gasteiger partial charge in [0, 0.05) is 0 Å². The molecule has 2 aromatic carbocycles. The van der Waals surface area contributed by atoms with E-state index in [0.717, 1.165) is 0 Å². The van der Waals surface area contributed by atoms with Gasteiger partial charge in [-0.1, -0.05) is 35.9 Å². The molecule has 2 amide bonds. The average molecular weight is 358 g/mol. The Balaban J connectivity index is 1.64. The van der Waals surface area contributed by atoms with Crippen LogP contribution >= 0.6 is 11.6 Å². The maximum absolute atomic E-state index is 12.2. The maximum atomic E-state index is 12.2. The van der Waals surface area contributed by atoms with Gasteiger partial charge in [0.25, 0.3) is 5.78 Å². The minimum atomic E-state index is -0.584. The summed E-state index contributed by atoms with van der Waals surface area (Å²) in [6.07, 6.45) is 0. The predicted molar refractivity (Wildman–Crippen MR) is 95.8 cm³/mol. The normalized spacial score (nSPS) is 13.3. The highest BCUT2D eigenvalue weighted by molar-refractivity contribution is 6.52. The summed E-state index contributed by atoms with van der Waals surface area (Å²) in [7, 11) is 1.70. The number of carbonyl (C=O) groups is 3. The Hall–Kier alpha value is -2.70. The van der Waals surface area contributed by atoms with Crippen LogP contribution in [0.1, 0.15) is 10.4 Å². The van der Waals surface area contributed by atoms with Crippen LogP contribution < -0.4 is 10.2 Å². The number of anilines is 2. The summed E-state index contributed by atoms with van der Waals surface area (Å²) in [5, 5.41) is 3.17. The summed E-state index contributed by atoms with van der Waals surface area (Å²) in [6, 6.07) is 13.8. The molecule has 7 heteroatoms. The minimum absolute atomic E-state index is 0.0470. The molecule has 1 heterocycles. The molecule has 1 N–H and O–H groups in total. The molecule has 0 radical (unpaired) electrons. The highest BCUT2D eigenvalue weighted by Crippen LogP contribution is 2.28. The first-order valence-electron chi connectivity index (χ1n) is 7.65. The summed E-state index contributed by atoms with van der Waals surface area (Å²) >= 11 is 6.02. The van der Waals surface area contributed by atoms with Crippen molar-refractivity contribution in [3.8, 4) is 0 Å². The second-order valence-electron chi connectivity index (χ2n) is 5.76. The first-order chi connectivity index (χ1) is 12.0. The number of likely N-dealkylation sites (N-methyl/N-ethyl adjacent to an activating group) is 1. The molecule has 6 nitrogen and oxygen atoms in total. The minimum Gasteiger partial charge on any atom is -0.324 e.